The predicted molar refractivity (Wildman–Crippen MR) is 111 cm³/mol. The Balaban J connectivity index is 1.86. The average molecular weight is 438 g/mol. The number of rotatable bonds is 5. The molecule has 0 saturated carbocycles. The summed E-state index contributed by atoms with van der Waals surface area (Å²) in [6.45, 7) is 0. The molecule has 1 aromatic heterocycles. The van der Waals surface area contributed by atoms with Crippen LogP contribution < -0.4 is 0 Å². The van der Waals surface area contributed by atoms with E-state index in [0.717, 1.165) is 15.6 Å². The van der Waals surface area contributed by atoms with Crippen molar-refractivity contribution < 1.29 is 4.92 Å². The van der Waals surface area contributed by atoms with Crippen molar-refractivity contribution in [2.45, 2.75) is 0 Å². The van der Waals surface area contributed by atoms with Gasteiger partial charge in [0.05, 0.1) is 16.2 Å². The van der Waals surface area contributed by atoms with Gasteiger partial charge in [-0.05, 0) is 29.8 Å². The van der Waals surface area contributed by atoms with Crippen LogP contribution in [0.15, 0.2) is 70.5 Å². The van der Waals surface area contributed by atoms with E-state index in [9.17, 15) is 15.4 Å². The Morgan fingerprint density at radius 3 is 2.52 bits per heavy atom. The smallest absolute Gasteiger partial charge is 0.258 e. The van der Waals surface area contributed by atoms with Crippen LogP contribution in [0.3, 0.4) is 0 Å². The van der Waals surface area contributed by atoms with Crippen molar-refractivity contribution in [3.05, 3.63) is 91.2 Å². The Morgan fingerprint density at radius 2 is 1.89 bits per heavy atom. The van der Waals surface area contributed by atoms with Crippen LogP contribution in [0.4, 0.5) is 5.69 Å². The molecule has 0 aliphatic rings. The van der Waals surface area contributed by atoms with Crippen molar-refractivity contribution in [1.29, 1.82) is 5.26 Å². The van der Waals surface area contributed by atoms with Crippen molar-refractivity contribution in [2.75, 3.05) is 0 Å². The first-order valence-corrected chi connectivity index (χ1v) is 9.49. The maximum absolute atomic E-state index is 10.8. The molecule has 0 bridgehead atoms. The summed E-state index contributed by atoms with van der Waals surface area (Å²) >= 11 is 4.83. The Morgan fingerprint density at radius 1 is 1.19 bits per heavy atom. The second-order valence-electron chi connectivity index (χ2n) is 5.45. The van der Waals surface area contributed by atoms with Gasteiger partial charge in [0, 0.05) is 27.6 Å². The molecule has 0 saturated heterocycles. The summed E-state index contributed by atoms with van der Waals surface area (Å²) in [5.74, 6) is 0. The number of halogens is 1. The molecule has 0 unspecified atom stereocenters. The zero-order chi connectivity index (χ0) is 19.2. The van der Waals surface area contributed by atoms with E-state index in [4.69, 9.17) is 0 Å². The van der Waals surface area contributed by atoms with E-state index in [-0.39, 0.29) is 5.69 Å². The van der Waals surface area contributed by atoms with Crippen molar-refractivity contribution >= 4 is 44.6 Å². The lowest BCUT2D eigenvalue weighted by Crippen LogP contribution is -1.87. The fourth-order valence-electron chi connectivity index (χ4n) is 2.31. The number of non-ortho nitro benzene ring substituents is 1. The van der Waals surface area contributed by atoms with Gasteiger partial charge in [-0.25, -0.2) is 4.98 Å². The topological polar surface area (TPSA) is 79.8 Å². The van der Waals surface area contributed by atoms with Crippen LogP contribution in [0.1, 0.15) is 10.6 Å². The van der Waals surface area contributed by atoms with Gasteiger partial charge in [-0.2, -0.15) is 5.26 Å². The molecule has 0 atom stereocenters. The molecule has 7 heteroatoms. The Bertz CT molecular complexity index is 1060. The summed E-state index contributed by atoms with van der Waals surface area (Å²) in [5, 5.41) is 22.7. The molecule has 1 heterocycles. The number of hydrogen-bond donors (Lipinski definition) is 0. The minimum atomic E-state index is -0.441. The molecule has 0 aliphatic heterocycles. The molecule has 0 spiro atoms. The highest BCUT2D eigenvalue weighted by Gasteiger charge is 2.11. The molecule has 132 valence electrons. The quantitative estimate of drug-likeness (QED) is 0.210. The number of nitriles is 1. The highest BCUT2D eigenvalue weighted by atomic mass is 79.9. The lowest BCUT2D eigenvalue weighted by atomic mass is 10.1. The van der Waals surface area contributed by atoms with Gasteiger partial charge in [-0.1, -0.05) is 46.3 Å². The summed E-state index contributed by atoms with van der Waals surface area (Å²) in [6.07, 6.45) is 3.65. The van der Waals surface area contributed by atoms with Gasteiger partial charge in [-0.15, -0.1) is 11.3 Å². The SMILES string of the molecule is N#CC(=CC(Br)=Cc1ccccc1)c1nc(-c2ccc([N+](=O)[O-])cc2)cs1. The largest absolute Gasteiger partial charge is 0.269 e. The number of hydrogen-bond acceptors (Lipinski definition) is 5. The minimum Gasteiger partial charge on any atom is -0.258 e. The van der Waals surface area contributed by atoms with Crippen LogP contribution in [0.25, 0.3) is 22.9 Å². The zero-order valence-electron chi connectivity index (χ0n) is 13.9. The van der Waals surface area contributed by atoms with Crippen LogP contribution in [0, 0.1) is 21.4 Å². The number of aromatic nitrogens is 1. The normalized spacial score (nSPS) is 11.9. The average Bonchev–Trinajstić information content (AvgIpc) is 3.17. The molecular formula is C20H12BrN3O2S. The van der Waals surface area contributed by atoms with Crippen molar-refractivity contribution in [2.24, 2.45) is 0 Å². The Hall–Kier alpha value is -3.08. The summed E-state index contributed by atoms with van der Waals surface area (Å²) < 4.78 is 0.761. The van der Waals surface area contributed by atoms with E-state index < -0.39 is 4.92 Å². The highest BCUT2D eigenvalue weighted by molar-refractivity contribution is 9.12. The van der Waals surface area contributed by atoms with Gasteiger partial charge < -0.3 is 0 Å². The number of thiazole rings is 1. The van der Waals surface area contributed by atoms with E-state index in [1.807, 2.05) is 41.8 Å². The summed E-state index contributed by atoms with van der Waals surface area (Å²) in [7, 11) is 0. The summed E-state index contributed by atoms with van der Waals surface area (Å²) in [6, 6.07) is 18.1. The summed E-state index contributed by atoms with van der Waals surface area (Å²) in [5.41, 5.74) is 2.92. The second kappa shape index (κ2) is 8.54. The van der Waals surface area contributed by atoms with Gasteiger partial charge >= 0.3 is 0 Å². The molecular weight excluding hydrogens is 426 g/mol. The fraction of sp³-hybridized carbons (Fsp3) is 0. The molecule has 0 fully saturated rings. The van der Waals surface area contributed by atoms with Crippen molar-refractivity contribution in [3.63, 3.8) is 0 Å². The maximum Gasteiger partial charge on any atom is 0.269 e. The molecule has 0 N–H and O–H groups in total. The zero-order valence-corrected chi connectivity index (χ0v) is 16.3. The number of benzene rings is 2. The molecule has 0 aliphatic carbocycles. The third kappa shape index (κ3) is 4.76. The predicted octanol–water partition coefficient (Wildman–Crippen LogP) is 6.06. The third-order valence-electron chi connectivity index (χ3n) is 3.62. The molecule has 0 amide bonds. The molecule has 3 aromatic rings. The minimum absolute atomic E-state index is 0.0294. The van der Waals surface area contributed by atoms with E-state index in [2.05, 4.69) is 27.0 Å². The highest BCUT2D eigenvalue weighted by Crippen LogP contribution is 2.28. The number of nitro benzene ring substituents is 1. The Labute approximate surface area is 168 Å². The van der Waals surface area contributed by atoms with Crippen molar-refractivity contribution in [3.8, 4) is 17.3 Å². The molecule has 2 aromatic carbocycles. The molecule has 27 heavy (non-hydrogen) atoms. The monoisotopic (exact) mass is 437 g/mol. The fourth-order valence-corrected chi connectivity index (χ4v) is 3.60. The van der Waals surface area contributed by atoms with Gasteiger partial charge in [0.2, 0.25) is 0 Å². The first kappa shape index (κ1) is 18.7. The lowest BCUT2D eigenvalue weighted by molar-refractivity contribution is -0.384. The van der Waals surface area contributed by atoms with Crippen molar-refractivity contribution in [1.82, 2.24) is 4.98 Å². The number of nitrogens with zero attached hydrogens (tertiary/aromatic N) is 3. The first-order valence-electron chi connectivity index (χ1n) is 7.81. The maximum atomic E-state index is 10.8. The van der Waals surface area contributed by atoms with Crippen LogP contribution >= 0.6 is 27.3 Å². The van der Waals surface area contributed by atoms with Gasteiger partial charge in [0.25, 0.3) is 5.69 Å². The van der Waals surface area contributed by atoms with Gasteiger partial charge in [-0.3, -0.25) is 10.1 Å². The van der Waals surface area contributed by atoms with E-state index in [0.29, 0.717) is 16.3 Å². The van der Waals surface area contributed by atoms with E-state index in [1.54, 1.807) is 18.2 Å². The van der Waals surface area contributed by atoms with Crippen LogP contribution in [0.2, 0.25) is 0 Å². The number of allylic oxidation sites excluding steroid dienone is 3. The lowest BCUT2D eigenvalue weighted by Gasteiger charge is -1.97. The molecule has 0 radical (unpaired) electrons. The van der Waals surface area contributed by atoms with Crippen LogP contribution in [-0.2, 0) is 0 Å². The van der Waals surface area contributed by atoms with Gasteiger partial charge in [0.1, 0.15) is 11.1 Å². The number of nitro groups is 1. The summed E-state index contributed by atoms with van der Waals surface area (Å²) in [4.78, 5) is 14.8. The first-order chi connectivity index (χ1) is 13.1. The van der Waals surface area contributed by atoms with Gasteiger partial charge in [0.15, 0.2) is 0 Å². The Kier molecular flexibility index (Phi) is 5.91. The van der Waals surface area contributed by atoms with E-state index in [1.165, 1.54) is 23.5 Å². The van der Waals surface area contributed by atoms with E-state index >= 15 is 0 Å². The molecule has 3 rings (SSSR count). The van der Waals surface area contributed by atoms with Crippen LogP contribution in [-0.4, -0.2) is 9.91 Å². The molecule has 5 nitrogen and oxygen atoms in total. The van der Waals surface area contributed by atoms with Crippen LogP contribution in [0.5, 0.6) is 0 Å². The third-order valence-corrected chi connectivity index (χ3v) is 4.95. The standard InChI is InChI=1S/C20H12BrN3O2S/c21-17(10-14-4-2-1-3-5-14)11-16(12-22)20-23-19(13-27-20)15-6-8-18(9-7-15)24(25)26/h1-11,13H. The second-order valence-corrected chi connectivity index (χ2v) is 7.23.